The normalized spacial score (nSPS) is 10.4. The lowest BCUT2D eigenvalue weighted by molar-refractivity contribution is -0.114. The van der Waals surface area contributed by atoms with Crippen molar-refractivity contribution < 1.29 is 9.18 Å². The average molecular weight is 321 g/mol. The van der Waals surface area contributed by atoms with Gasteiger partial charge in [-0.25, -0.2) is 4.39 Å². The molecule has 0 aliphatic rings. The number of amides is 1. The molecule has 22 heavy (non-hydrogen) atoms. The zero-order chi connectivity index (χ0) is 16.1. The topological polar surface area (TPSA) is 41.1 Å². The molecule has 2 aromatic rings. The Morgan fingerprint density at radius 2 is 2.05 bits per heavy atom. The van der Waals surface area contributed by atoms with E-state index in [9.17, 15) is 9.18 Å². The molecule has 0 aliphatic heterocycles. The molecule has 0 atom stereocenters. The number of halogens is 2. The maximum Gasteiger partial charge on any atom is 0.243 e. The van der Waals surface area contributed by atoms with E-state index in [2.05, 4.69) is 10.6 Å². The van der Waals surface area contributed by atoms with Gasteiger partial charge in [-0.2, -0.15) is 0 Å². The van der Waals surface area contributed by atoms with Crippen molar-refractivity contribution in [3.05, 3.63) is 58.4 Å². The van der Waals surface area contributed by atoms with Crippen LogP contribution >= 0.6 is 11.6 Å². The quantitative estimate of drug-likeness (QED) is 0.857. The molecule has 0 bridgehead atoms. The van der Waals surface area contributed by atoms with Gasteiger partial charge in [-0.15, -0.1) is 0 Å². The van der Waals surface area contributed by atoms with Crippen LogP contribution in [0, 0.1) is 12.7 Å². The standard InChI is InChI=1S/C17H18ClFN2O/c1-3-12-6-4-5-11(2)17(12)21-16(22)10-20-15-8-7-13(19)9-14(15)18/h4-9,20H,3,10H2,1-2H3,(H,21,22). The highest BCUT2D eigenvalue weighted by Crippen LogP contribution is 2.23. The van der Waals surface area contributed by atoms with Gasteiger partial charge in [0.05, 0.1) is 17.3 Å². The number of rotatable bonds is 5. The first-order chi connectivity index (χ1) is 10.5. The highest BCUT2D eigenvalue weighted by Gasteiger charge is 2.09. The third kappa shape index (κ3) is 3.98. The summed E-state index contributed by atoms with van der Waals surface area (Å²) in [5.41, 5.74) is 3.49. The largest absolute Gasteiger partial charge is 0.375 e. The SMILES string of the molecule is CCc1cccc(C)c1NC(=O)CNc1ccc(F)cc1Cl. The molecule has 116 valence electrons. The van der Waals surface area contributed by atoms with E-state index in [1.54, 1.807) is 0 Å². The fourth-order valence-corrected chi connectivity index (χ4v) is 2.43. The van der Waals surface area contributed by atoms with Crippen LogP contribution in [0.25, 0.3) is 0 Å². The predicted molar refractivity (Wildman–Crippen MR) is 89.1 cm³/mol. The molecule has 0 saturated carbocycles. The lowest BCUT2D eigenvalue weighted by atomic mass is 10.1. The second-order valence-electron chi connectivity index (χ2n) is 4.99. The van der Waals surface area contributed by atoms with Crippen molar-refractivity contribution in [2.75, 3.05) is 17.2 Å². The molecule has 5 heteroatoms. The number of carbonyl (C=O) groups excluding carboxylic acids is 1. The Bertz CT molecular complexity index is 688. The van der Waals surface area contributed by atoms with E-state index in [1.165, 1.54) is 18.2 Å². The molecular formula is C17H18ClFN2O. The lowest BCUT2D eigenvalue weighted by Crippen LogP contribution is -2.23. The van der Waals surface area contributed by atoms with Crippen LogP contribution in [0.4, 0.5) is 15.8 Å². The number of hydrogen-bond donors (Lipinski definition) is 2. The molecule has 2 N–H and O–H groups in total. The zero-order valence-electron chi connectivity index (χ0n) is 12.5. The third-order valence-corrected chi connectivity index (χ3v) is 3.69. The van der Waals surface area contributed by atoms with Crippen LogP contribution in [0.5, 0.6) is 0 Å². The van der Waals surface area contributed by atoms with Crippen molar-refractivity contribution in [2.45, 2.75) is 20.3 Å². The first-order valence-corrected chi connectivity index (χ1v) is 7.46. The summed E-state index contributed by atoms with van der Waals surface area (Å²) in [7, 11) is 0. The van der Waals surface area contributed by atoms with Crippen molar-refractivity contribution in [3.63, 3.8) is 0 Å². The van der Waals surface area contributed by atoms with Gasteiger partial charge in [0.25, 0.3) is 0 Å². The van der Waals surface area contributed by atoms with Gasteiger partial charge < -0.3 is 10.6 Å². The molecule has 2 aromatic carbocycles. The summed E-state index contributed by atoms with van der Waals surface area (Å²) < 4.78 is 13.0. The first-order valence-electron chi connectivity index (χ1n) is 7.08. The van der Waals surface area contributed by atoms with E-state index < -0.39 is 5.82 Å². The minimum Gasteiger partial charge on any atom is -0.375 e. The zero-order valence-corrected chi connectivity index (χ0v) is 13.3. The number of hydrogen-bond acceptors (Lipinski definition) is 2. The molecule has 0 fully saturated rings. The highest BCUT2D eigenvalue weighted by atomic mass is 35.5. The summed E-state index contributed by atoms with van der Waals surface area (Å²) in [5.74, 6) is -0.586. The molecule has 0 unspecified atom stereocenters. The second kappa shape index (κ2) is 7.27. The molecule has 0 heterocycles. The number of carbonyl (C=O) groups is 1. The van der Waals surface area contributed by atoms with Crippen molar-refractivity contribution in [3.8, 4) is 0 Å². The predicted octanol–water partition coefficient (Wildman–Crippen LogP) is 4.40. The van der Waals surface area contributed by atoms with E-state index in [1.807, 2.05) is 32.0 Å². The summed E-state index contributed by atoms with van der Waals surface area (Å²) in [6.45, 7) is 4.06. The minimum absolute atomic E-state index is 0.0584. The van der Waals surface area contributed by atoms with Gasteiger partial charge in [0.1, 0.15) is 5.82 Å². The molecule has 0 aliphatic carbocycles. The lowest BCUT2D eigenvalue weighted by Gasteiger charge is -2.14. The maximum absolute atomic E-state index is 13.0. The summed E-state index contributed by atoms with van der Waals surface area (Å²) in [4.78, 5) is 12.1. The smallest absolute Gasteiger partial charge is 0.243 e. The van der Waals surface area contributed by atoms with Gasteiger partial charge in [0, 0.05) is 5.69 Å². The monoisotopic (exact) mass is 320 g/mol. The molecule has 0 saturated heterocycles. The molecule has 1 amide bonds. The van der Waals surface area contributed by atoms with Crippen LogP contribution in [0.15, 0.2) is 36.4 Å². The van der Waals surface area contributed by atoms with E-state index in [-0.39, 0.29) is 17.5 Å². The summed E-state index contributed by atoms with van der Waals surface area (Å²) in [6.07, 6.45) is 0.842. The van der Waals surface area contributed by atoms with Crippen LogP contribution in [0.1, 0.15) is 18.1 Å². The molecule has 0 radical (unpaired) electrons. The van der Waals surface area contributed by atoms with Crippen LogP contribution in [-0.2, 0) is 11.2 Å². The van der Waals surface area contributed by atoms with E-state index in [0.29, 0.717) is 5.69 Å². The Labute approximate surface area is 134 Å². The van der Waals surface area contributed by atoms with Gasteiger partial charge in [0.2, 0.25) is 5.91 Å². The molecular weight excluding hydrogens is 303 g/mol. The summed E-state index contributed by atoms with van der Waals surface area (Å²) in [5, 5.41) is 6.07. The second-order valence-corrected chi connectivity index (χ2v) is 5.40. The maximum atomic E-state index is 13.0. The fraction of sp³-hybridized carbons (Fsp3) is 0.235. The highest BCUT2D eigenvalue weighted by molar-refractivity contribution is 6.33. The van der Waals surface area contributed by atoms with Crippen molar-refractivity contribution in [2.24, 2.45) is 0 Å². The van der Waals surface area contributed by atoms with Crippen molar-refractivity contribution >= 4 is 28.9 Å². The van der Waals surface area contributed by atoms with Crippen molar-refractivity contribution in [1.82, 2.24) is 0 Å². The van der Waals surface area contributed by atoms with Gasteiger partial charge in [-0.05, 0) is 42.7 Å². The van der Waals surface area contributed by atoms with E-state index >= 15 is 0 Å². The number of para-hydroxylation sites is 1. The Morgan fingerprint density at radius 3 is 2.73 bits per heavy atom. The van der Waals surface area contributed by atoms with Gasteiger partial charge in [-0.3, -0.25) is 4.79 Å². The fourth-order valence-electron chi connectivity index (χ4n) is 2.19. The van der Waals surface area contributed by atoms with Crippen LogP contribution in [-0.4, -0.2) is 12.5 Å². The number of nitrogens with one attached hydrogen (secondary N) is 2. The van der Waals surface area contributed by atoms with E-state index in [4.69, 9.17) is 11.6 Å². The molecule has 0 spiro atoms. The molecule has 2 rings (SSSR count). The van der Waals surface area contributed by atoms with Crippen LogP contribution < -0.4 is 10.6 Å². The Morgan fingerprint density at radius 1 is 1.27 bits per heavy atom. The van der Waals surface area contributed by atoms with Crippen LogP contribution in [0.2, 0.25) is 5.02 Å². The Hall–Kier alpha value is -2.07. The van der Waals surface area contributed by atoms with Crippen LogP contribution in [0.3, 0.4) is 0 Å². The van der Waals surface area contributed by atoms with E-state index in [0.717, 1.165) is 23.2 Å². The van der Waals surface area contributed by atoms with Gasteiger partial charge >= 0.3 is 0 Å². The first kappa shape index (κ1) is 16.3. The average Bonchev–Trinajstić information content (AvgIpc) is 2.48. The number of aryl methyl sites for hydroxylation is 2. The van der Waals surface area contributed by atoms with Crippen molar-refractivity contribution in [1.29, 1.82) is 0 Å². The van der Waals surface area contributed by atoms with Gasteiger partial charge in [-0.1, -0.05) is 36.7 Å². The number of benzene rings is 2. The third-order valence-electron chi connectivity index (χ3n) is 3.37. The minimum atomic E-state index is -0.410. The Kier molecular flexibility index (Phi) is 5.39. The summed E-state index contributed by atoms with van der Waals surface area (Å²) >= 11 is 5.91. The molecule has 3 nitrogen and oxygen atoms in total. The number of anilines is 2. The van der Waals surface area contributed by atoms with Gasteiger partial charge in [0.15, 0.2) is 0 Å². The molecule has 0 aromatic heterocycles. The summed E-state index contributed by atoms with van der Waals surface area (Å²) in [6, 6.07) is 9.93. The Balaban J connectivity index is 2.02.